The number of pyridine rings is 1. The average Bonchev–Trinajstić information content (AvgIpc) is 2.54. The number of halogens is 2. The van der Waals surface area contributed by atoms with E-state index in [0.29, 0.717) is 18.8 Å². The predicted molar refractivity (Wildman–Crippen MR) is 79.8 cm³/mol. The van der Waals surface area contributed by atoms with Gasteiger partial charge in [-0.15, -0.1) is 0 Å². The van der Waals surface area contributed by atoms with Gasteiger partial charge in [0.05, 0.1) is 25.9 Å². The first-order valence-corrected chi connectivity index (χ1v) is 7.46. The van der Waals surface area contributed by atoms with E-state index in [-0.39, 0.29) is 18.2 Å². The molecule has 0 aliphatic carbocycles. The van der Waals surface area contributed by atoms with Crippen LogP contribution in [0.15, 0.2) is 30.6 Å². The van der Waals surface area contributed by atoms with E-state index in [4.69, 9.17) is 15.2 Å². The second-order valence-electron chi connectivity index (χ2n) is 5.95. The molecular formula is C17H16F2N2O2. The fourth-order valence-electron chi connectivity index (χ4n) is 3.21. The third-order valence-electron chi connectivity index (χ3n) is 4.39. The molecule has 3 heterocycles. The van der Waals surface area contributed by atoms with E-state index >= 15 is 0 Å². The van der Waals surface area contributed by atoms with E-state index < -0.39 is 12.5 Å². The first kappa shape index (κ1) is 14.7. The van der Waals surface area contributed by atoms with Crippen LogP contribution >= 0.6 is 0 Å². The first-order chi connectivity index (χ1) is 11.1. The van der Waals surface area contributed by atoms with E-state index in [2.05, 4.69) is 4.98 Å². The van der Waals surface area contributed by atoms with Crippen LogP contribution in [0.1, 0.15) is 28.3 Å². The van der Waals surface area contributed by atoms with Crippen molar-refractivity contribution in [2.75, 3.05) is 13.2 Å². The Morgan fingerprint density at radius 2 is 2.04 bits per heavy atom. The van der Waals surface area contributed by atoms with Gasteiger partial charge >= 0.3 is 0 Å². The molecule has 0 spiro atoms. The van der Waals surface area contributed by atoms with Gasteiger partial charge in [0, 0.05) is 23.5 Å². The third kappa shape index (κ3) is 2.43. The number of nitrogens with zero attached hydrogens (tertiary/aromatic N) is 1. The molecule has 4 nitrogen and oxygen atoms in total. The van der Waals surface area contributed by atoms with Gasteiger partial charge in [0.1, 0.15) is 6.61 Å². The molecule has 0 saturated heterocycles. The number of nitrogens with two attached hydrogens (primary N) is 1. The normalized spacial score (nSPS) is 22.3. The Morgan fingerprint density at radius 3 is 2.91 bits per heavy atom. The standard InChI is InChI=1S/C17H16F2N2O2/c18-17(19)9-23-6-11-3-10(1-2-15(11)17)12-4-21-5-13-14(12)7-22-8-16(13)20/h1-5,16H,6-9,20H2. The minimum absolute atomic E-state index is 0.0400. The van der Waals surface area contributed by atoms with Gasteiger partial charge in [0.15, 0.2) is 0 Å². The molecule has 1 atom stereocenters. The highest BCUT2D eigenvalue weighted by Gasteiger charge is 2.37. The van der Waals surface area contributed by atoms with Crippen molar-refractivity contribution in [3.63, 3.8) is 0 Å². The Hall–Kier alpha value is -1.89. The summed E-state index contributed by atoms with van der Waals surface area (Å²) < 4.78 is 38.3. The average molecular weight is 318 g/mol. The fraction of sp³-hybridized carbons (Fsp3) is 0.353. The molecular weight excluding hydrogens is 302 g/mol. The van der Waals surface area contributed by atoms with Crippen LogP contribution in [0.3, 0.4) is 0 Å². The number of alkyl halides is 2. The highest BCUT2D eigenvalue weighted by molar-refractivity contribution is 5.69. The van der Waals surface area contributed by atoms with Gasteiger partial charge in [-0.25, -0.2) is 0 Å². The molecule has 2 aliphatic heterocycles. The van der Waals surface area contributed by atoms with Crippen molar-refractivity contribution in [2.45, 2.75) is 25.2 Å². The van der Waals surface area contributed by atoms with E-state index in [1.54, 1.807) is 24.5 Å². The largest absolute Gasteiger partial charge is 0.375 e. The molecule has 2 N–H and O–H groups in total. The number of hydrogen-bond donors (Lipinski definition) is 1. The summed E-state index contributed by atoms with van der Waals surface area (Å²) in [5.74, 6) is -2.94. The van der Waals surface area contributed by atoms with Crippen molar-refractivity contribution in [1.82, 2.24) is 4.98 Å². The molecule has 1 aromatic heterocycles. The van der Waals surface area contributed by atoms with Crippen molar-refractivity contribution in [1.29, 1.82) is 0 Å². The monoisotopic (exact) mass is 318 g/mol. The van der Waals surface area contributed by atoms with Crippen LogP contribution in [0.2, 0.25) is 0 Å². The van der Waals surface area contributed by atoms with Gasteiger partial charge in [-0.2, -0.15) is 8.78 Å². The van der Waals surface area contributed by atoms with Crippen LogP contribution in [0.5, 0.6) is 0 Å². The van der Waals surface area contributed by atoms with Gasteiger partial charge in [-0.3, -0.25) is 4.98 Å². The summed E-state index contributed by atoms with van der Waals surface area (Å²) in [4.78, 5) is 4.25. The topological polar surface area (TPSA) is 57.4 Å². The Morgan fingerprint density at radius 1 is 1.17 bits per heavy atom. The van der Waals surface area contributed by atoms with Gasteiger partial charge in [-0.05, 0) is 28.3 Å². The minimum atomic E-state index is -2.94. The van der Waals surface area contributed by atoms with Crippen molar-refractivity contribution in [3.05, 3.63) is 52.8 Å². The fourth-order valence-corrected chi connectivity index (χ4v) is 3.21. The smallest absolute Gasteiger partial charge is 0.296 e. The van der Waals surface area contributed by atoms with Crippen LogP contribution in [0.4, 0.5) is 8.78 Å². The first-order valence-electron chi connectivity index (χ1n) is 7.46. The van der Waals surface area contributed by atoms with Crippen LogP contribution in [0, 0.1) is 0 Å². The predicted octanol–water partition coefficient (Wildman–Crippen LogP) is 2.90. The quantitative estimate of drug-likeness (QED) is 0.878. The molecule has 6 heteroatoms. The van der Waals surface area contributed by atoms with E-state index in [9.17, 15) is 8.78 Å². The summed E-state index contributed by atoms with van der Waals surface area (Å²) in [5.41, 5.74) is 10.2. The molecule has 1 aromatic carbocycles. The summed E-state index contributed by atoms with van der Waals surface area (Å²) >= 11 is 0. The summed E-state index contributed by atoms with van der Waals surface area (Å²) in [6.45, 7) is 0.536. The highest BCUT2D eigenvalue weighted by atomic mass is 19.3. The summed E-state index contributed by atoms with van der Waals surface area (Å²) in [6, 6.07) is 4.72. The minimum Gasteiger partial charge on any atom is -0.375 e. The molecule has 0 bridgehead atoms. The molecule has 0 amide bonds. The maximum absolute atomic E-state index is 13.9. The van der Waals surface area contributed by atoms with E-state index in [1.807, 2.05) is 0 Å². The Balaban J connectivity index is 1.82. The third-order valence-corrected chi connectivity index (χ3v) is 4.39. The molecule has 23 heavy (non-hydrogen) atoms. The lowest BCUT2D eigenvalue weighted by atomic mass is 9.91. The zero-order valence-electron chi connectivity index (χ0n) is 12.4. The summed E-state index contributed by atoms with van der Waals surface area (Å²) in [5, 5.41) is 0. The number of fused-ring (bicyclic) bond motifs is 2. The van der Waals surface area contributed by atoms with Crippen LogP contribution < -0.4 is 5.73 Å². The SMILES string of the molecule is NC1COCc2c(-c3ccc4c(c3)COCC4(F)F)cncc21. The number of hydrogen-bond acceptors (Lipinski definition) is 4. The lowest BCUT2D eigenvalue weighted by molar-refractivity contribution is -0.103. The van der Waals surface area contributed by atoms with Crippen LogP contribution in [-0.2, 0) is 28.6 Å². The summed E-state index contributed by atoms with van der Waals surface area (Å²) in [7, 11) is 0. The lowest BCUT2D eigenvalue weighted by Gasteiger charge is -2.27. The molecule has 0 saturated carbocycles. The molecule has 4 rings (SSSR count). The van der Waals surface area contributed by atoms with Gasteiger partial charge in [0.2, 0.25) is 0 Å². The van der Waals surface area contributed by atoms with Gasteiger partial charge in [-0.1, -0.05) is 12.1 Å². The van der Waals surface area contributed by atoms with Gasteiger partial charge in [0.25, 0.3) is 5.92 Å². The number of rotatable bonds is 1. The lowest BCUT2D eigenvalue weighted by Crippen LogP contribution is -2.27. The maximum Gasteiger partial charge on any atom is 0.296 e. The molecule has 1 unspecified atom stereocenters. The highest BCUT2D eigenvalue weighted by Crippen LogP contribution is 2.38. The maximum atomic E-state index is 13.9. The number of aromatic nitrogens is 1. The van der Waals surface area contributed by atoms with Crippen molar-refractivity contribution in [3.8, 4) is 11.1 Å². The number of ether oxygens (including phenoxy) is 2. The molecule has 120 valence electrons. The second-order valence-corrected chi connectivity index (χ2v) is 5.95. The van der Waals surface area contributed by atoms with E-state index in [0.717, 1.165) is 22.3 Å². The molecule has 0 fully saturated rings. The Labute approximate surface area is 132 Å². The summed E-state index contributed by atoms with van der Waals surface area (Å²) in [6.07, 6.45) is 3.48. The molecule has 2 aromatic rings. The zero-order chi connectivity index (χ0) is 16.0. The Bertz CT molecular complexity index is 764. The van der Waals surface area contributed by atoms with Crippen molar-refractivity contribution < 1.29 is 18.3 Å². The van der Waals surface area contributed by atoms with Crippen LogP contribution in [0.25, 0.3) is 11.1 Å². The van der Waals surface area contributed by atoms with E-state index in [1.165, 1.54) is 6.07 Å². The van der Waals surface area contributed by atoms with Crippen molar-refractivity contribution in [2.24, 2.45) is 5.73 Å². The molecule has 2 aliphatic rings. The zero-order valence-corrected chi connectivity index (χ0v) is 12.4. The van der Waals surface area contributed by atoms with Crippen molar-refractivity contribution >= 4 is 0 Å². The number of benzene rings is 1. The van der Waals surface area contributed by atoms with Crippen LogP contribution in [-0.4, -0.2) is 18.2 Å². The molecule has 0 radical (unpaired) electrons. The second kappa shape index (κ2) is 5.33. The Kier molecular flexibility index (Phi) is 3.41. The van der Waals surface area contributed by atoms with Gasteiger partial charge < -0.3 is 15.2 Å².